The molecule has 1 aromatic rings. The Kier molecular flexibility index (Phi) is 5.33. The molecule has 2 aliphatic rings. The third-order valence-corrected chi connectivity index (χ3v) is 6.06. The summed E-state index contributed by atoms with van der Waals surface area (Å²) in [4.78, 5) is 15.4. The molecule has 1 heterocycles. The van der Waals surface area contributed by atoms with Crippen molar-refractivity contribution in [2.24, 2.45) is 11.7 Å². The summed E-state index contributed by atoms with van der Waals surface area (Å²) in [5, 5.41) is 9.27. The van der Waals surface area contributed by atoms with Crippen molar-refractivity contribution in [3.8, 4) is 6.07 Å². The van der Waals surface area contributed by atoms with Gasteiger partial charge in [-0.1, -0.05) is 6.07 Å². The molecule has 27 heavy (non-hydrogen) atoms. The summed E-state index contributed by atoms with van der Waals surface area (Å²) in [6.07, 6.45) is -4.14. The minimum Gasteiger partial charge on any atom is -0.316 e. The number of aryl methyl sites for hydroxylation is 1. The van der Waals surface area contributed by atoms with Crippen molar-refractivity contribution in [2.75, 3.05) is 13.1 Å². The van der Waals surface area contributed by atoms with E-state index in [1.807, 2.05) is 11.8 Å². The summed E-state index contributed by atoms with van der Waals surface area (Å²) in [5.74, 6) is -1.36. The second-order valence-electron chi connectivity index (χ2n) is 7.76. The molecule has 0 saturated carbocycles. The fraction of sp³-hybridized carbons (Fsp3) is 0.600. The topological polar surface area (TPSA) is 70.1 Å². The van der Waals surface area contributed by atoms with Gasteiger partial charge in [0.05, 0.1) is 29.6 Å². The van der Waals surface area contributed by atoms with Gasteiger partial charge in [0.1, 0.15) is 5.78 Å². The first-order valence-corrected chi connectivity index (χ1v) is 9.30. The number of fused-ring (bicyclic) bond motifs is 2. The van der Waals surface area contributed by atoms with Gasteiger partial charge in [-0.15, -0.1) is 0 Å². The lowest BCUT2D eigenvalue weighted by molar-refractivity contribution is -0.157. The van der Waals surface area contributed by atoms with E-state index in [9.17, 15) is 23.2 Å². The fourth-order valence-corrected chi connectivity index (χ4v) is 4.60. The molecule has 0 aromatic heterocycles. The van der Waals surface area contributed by atoms with Gasteiger partial charge in [-0.05, 0) is 55.9 Å². The number of benzene rings is 1. The minimum absolute atomic E-state index is 0.167. The maximum Gasteiger partial charge on any atom is 0.389 e. The molecule has 1 aliphatic heterocycles. The number of nitrogens with zero attached hydrogens (tertiary/aromatic N) is 2. The van der Waals surface area contributed by atoms with Crippen LogP contribution in [0.15, 0.2) is 18.2 Å². The molecule has 2 N–H and O–H groups in total. The second kappa shape index (κ2) is 7.25. The van der Waals surface area contributed by atoms with Crippen LogP contribution in [0.3, 0.4) is 0 Å². The highest BCUT2D eigenvalue weighted by Gasteiger charge is 2.50. The molecule has 0 amide bonds. The molecule has 1 unspecified atom stereocenters. The quantitative estimate of drug-likeness (QED) is 0.856. The van der Waals surface area contributed by atoms with Gasteiger partial charge in [-0.2, -0.15) is 18.4 Å². The monoisotopic (exact) mass is 379 g/mol. The number of carbonyl (C=O) groups is 1. The third kappa shape index (κ3) is 3.87. The van der Waals surface area contributed by atoms with Crippen molar-refractivity contribution in [1.82, 2.24) is 4.90 Å². The molecule has 0 bridgehead atoms. The van der Waals surface area contributed by atoms with Crippen LogP contribution in [0.4, 0.5) is 13.2 Å². The molecule has 0 radical (unpaired) electrons. The number of carbonyl (C=O) groups excluding carboxylic acids is 1. The number of rotatable bonds is 2. The normalized spacial score (nSPS) is 24.1. The van der Waals surface area contributed by atoms with Gasteiger partial charge in [-0.3, -0.25) is 9.69 Å². The van der Waals surface area contributed by atoms with Gasteiger partial charge in [0.2, 0.25) is 0 Å². The number of Topliss-reactive ketones (excluding diaryl/α,β-unsaturated/α-hetero) is 1. The van der Waals surface area contributed by atoms with Gasteiger partial charge in [0.25, 0.3) is 0 Å². The number of halogens is 3. The standard InChI is InChI=1S/C20H24F3N3O/c1-13(25)26-8-6-19(7-9-26)17-10-14(12-24)2-3-15(17)4-5-16(18(19)27)11-20(21,22)23/h2-3,10,13,16H,4-9,11,25H2,1H3/t13-,16?/m0/s1. The molecule has 7 heteroatoms. The number of ketones is 1. The molecule has 1 fully saturated rings. The molecular weight excluding hydrogens is 355 g/mol. The number of likely N-dealkylation sites (tertiary alicyclic amines) is 1. The predicted octanol–water partition coefficient (Wildman–Crippen LogP) is 3.28. The van der Waals surface area contributed by atoms with E-state index in [2.05, 4.69) is 6.07 Å². The van der Waals surface area contributed by atoms with Gasteiger partial charge in [-0.25, -0.2) is 0 Å². The summed E-state index contributed by atoms with van der Waals surface area (Å²) < 4.78 is 39.3. The molecule has 146 valence electrons. The molecule has 1 aromatic carbocycles. The Morgan fingerprint density at radius 1 is 1.37 bits per heavy atom. The lowest BCUT2D eigenvalue weighted by atomic mass is 9.66. The first kappa shape index (κ1) is 19.8. The van der Waals surface area contributed by atoms with E-state index >= 15 is 0 Å². The van der Waals surface area contributed by atoms with E-state index in [-0.39, 0.29) is 18.4 Å². The van der Waals surface area contributed by atoms with Crippen LogP contribution in [0, 0.1) is 17.2 Å². The highest BCUT2D eigenvalue weighted by Crippen LogP contribution is 2.46. The number of piperidine rings is 1. The van der Waals surface area contributed by atoms with Crippen LogP contribution in [0.1, 0.15) is 49.3 Å². The number of hydrogen-bond acceptors (Lipinski definition) is 4. The van der Waals surface area contributed by atoms with E-state index in [1.54, 1.807) is 18.2 Å². The summed E-state index contributed by atoms with van der Waals surface area (Å²) in [6, 6.07) is 7.28. The highest BCUT2D eigenvalue weighted by atomic mass is 19.4. The van der Waals surface area contributed by atoms with Crippen LogP contribution in [0.2, 0.25) is 0 Å². The Bertz CT molecular complexity index is 759. The Labute approximate surface area is 157 Å². The Hall–Kier alpha value is -1.91. The Morgan fingerprint density at radius 2 is 2.04 bits per heavy atom. The number of nitriles is 1. The first-order chi connectivity index (χ1) is 12.7. The summed E-state index contributed by atoms with van der Waals surface area (Å²) in [6.45, 7) is 2.97. The zero-order chi connectivity index (χ0) is 19.8. The molecule has 3 rings (SSSR count). The Balaban J connectivity index is 2.05. The van der Waals surface area contributed by atoms with E-state index in [0.717, 1.165) is 11.1 Å². The zero-order valence-corrected chi connectivity index (χ0v) is 15.4. The van der Waals surface area contributed by atoms with Gasteiger partial charge in [0, 0.05) is 19.0 Å². The summed E-state index contributed by atoms with van der Waals surface area (Å²) >= 11 is 0. The number of alkyl halides is 3. The second-order valence-corrected chi connectivity index (χ2v) is 7.76. The van der Waals surface area contributed by atoms with Crippen LogP contribution in [-0.2, 0) is 16.6 Å². The van der Waals surface area contributed by atoms with Crippen LogP contribution < -0.4 is 5.73 Å². The van der Waals surface area contributed by atoms with Crippen LogP contribution in [-0.4, -0.2) is 36.1 Å². The summed E-state index contributed by atoms with van der Waals surface area (Å²) in [5.41, 5.74) is 7.07. The maximum atomic E-state index is 13.4. The number of hydrogen-bond donors (Lipinski definition) is 1. The van der Waals surface area contributed by atoms with Crippen molar-refractivity contribution in [1.29, 1.82) is 5.26 Å². The van der Waals surface area contributed by atoms with E-state index in [0.29, 0.717) is 37.9 Å². The van der Waals surface area contributed by atoms with Crippen molar-refractivity contribution in [2.45, 2.75) is 56.8 Å². The van der Waals surface area contributed by atoms with Crippen molar-refractivity contribution >= 4 is 5.78 Å². The smallest absolute Gasteiger partial charge is 0.316 e. The zero-order valence-electron chi connectivity index (χ0n) is 15.4. The summed E-state index contributed by atoms with van der Waals surface area (Å²) in [7, 11) is 0. The molecule has 1 saturated heterocycles. The Morgan fingerprint density at radius 3 is 2.59 bits per heavy atom. The van der Waals surface area contributed by atoms with Crippen molar-refractivity contribution in [3.63, 3.8) is 0 Å². The molecule has 1 aliphatic carbocycles. The minimum atomic E-state index is -4.37. The SMILES string of the molecule is C[C@@H](N)N1CCC2(CC1)C(=O)C(CC(F)(F)F)CCc1ccc(C#N)cc12. The fourth-order valence-electron chi connectivity index (χ4n) is 4.60. The average Bonchev–Trinajstić information content (AvgIpc) is 2.72. The van der Waals surface area contributed by atoms with Crippen molar-refractivity contribution in [3.05, 3.63) is 34.9 Å². The third-order valence-electron chi connectivity index (χ3n) is 6.06. The van der Waals surface area contributed by atoms with Crippen LogP contribution in [0.5, 0.6) is 0 Å². The maximum absolute atomic E-state index is 13.4. The van der Waals surface area contributed by atoms with Gasteiger partial charge >= 0.3 is 6.18 Å². The molecule has 2 atom stereocenters. The molecular formula is C20H24F3N3O. The lowest BCUT2D eigenvalue weighted by Gasteiger charge is -2.43. The average molecular weight is 379 g/mol. The largest absolute Gasteiger partial charge is 0.389 e. The van der Waals surface area contributed by atoms with Crippen molar-refractivity contribution < 1.29 is 18.0 Å². The van der Waals surface area contributed by atoms with Crippen LogP contribution >= 0.6 is 0 Å². The molecule has 1 spiro atoms. The predicted molar refractivity (Wildman–Crippen MR) is 94.8 cm³/mol. The van der Waals surface area contributed by atoms with Crippen LogP contribution in [0.25, 0.3) is 0 Å². The molecule has 4 nitrogen and oxygen atoms in total. The van der Waals surface area contributed by atoms with Gasteiger partial charge in [0.15, 0.2) is 0 Å². The lowest BCUT2D eigenvalue weighted by Crippen LogP contribution is -2.53. The van der Waals surface area contributed by atoms with E-state index < -0.39 is 23.9 Å². The highest BCUT2D eigenvalue weighted by molar-refractivity contribution is 5.93. The first-order valence-electron chi connectivity index (χ1n) is 9.30. The number of nitrogens with two attached hydrogens (primary N) is 1. The van der Waals surface area contributed by atoms with Gasteiger partial charge < -0.3 is 5.73 Å². The van der Waals surface area contributed by atoms with E-state index in [4.69, 9.17) is 5.73 Å². The van der Waals surface area contributed by atoms with E-state index in [1.165, 1.54) is 0 Å².